The van der Waals surface area contributed by atoms with E-state index in [0.29, 0.717) is 0 Å². The minimum Gasteiger partial charge on any atom is -0.390 e. The van der Waals surface area contributed by atoms with Crippen molar-refractivity contribution in [3.05, 3.63) is 0 Å². The van der Waals surface area contributed by atoms with Gasteiger partial charge in [0, 0.05) is 13.1 Å². The van der Waals surface area contributed by atoms with Crippen molar-refractivity contribution in [3.8, 4) is 0 Å². The van der Waals surface area contributed by atoms with Gasteiger partial charge in [0.2, 0.25) is 0 Å². The Hall–Kier alpha value is -0.130. The second-order valence-corrected chi connectivity index (χ2v) is 8.22. The van der Waals surface area contributed by atoms with E-state index in [1.807, 2.05) is 0 Å². The van der Waals surface area contributed by atoms with Crippen LogP contribution >= 0.6 is 0 Å². The van der Waals surface area contributed by atoms with Crippen LogP contribution in [0.4, 0.5) is 0 Å². The zero-order valence-electron chi connectivity index (χ0n) is 10.1. The molecule has 2 saturated heterocycles. The van der Waals surface area contributed by atoms with Crippen molar-refractivity contribution < 1.29 is 13.5 Å². The smallest absolute Gasteiger partial charge is 0.154 e. The van der Waals surface area contributed by atoms with Crippen LogP contribution in [0.25, 0.3) is 0 Å². The quantitative estimate of drug-likeness (QED) is 0.734. The first-order valence-electron chi connectivity index (χ1n) is 6.66. The van der Waals surface area contributed by atoms with Crippen molar-refractivity contribution in [2.45, 2.75) is 37.8 Å². The highest BCUT2D eigenvalue weighted by Gasteiger charge is 2.43. The maximum absolute atomic E-state index is 11.6. The first-order valence-corrected chi connectivity index (χ1v) is 8.48. The molecular weight excluding hydrogens is 238 g/mol. The first-order chi connectivity index (χ1) is 8.03. The Morgan fingerprint density at radius 2 is 1.71 bits per heavy atom. The number of aliphatic hydroxyl groups is 1. The lowest BCUT2D eigenvalue weighted by molar-refractivity contribution is 0.0159. The summed E-state index contributed by atoms with van der Waals surface area (Å²) in [4.78, 5) is 2.26. The van der Waals surface area contributed by atoms with Crippen molar-refractivity contribution in [1.82, 2.24) is 4.90 Å². The van der Waals surface area contributed by atoms with E-state index in [9.17, 15) is 13.5 Å². The SMILES string of the molecule is O=S1(=O)CC(O)C(N2CC3CCCC(C3)C2)C1. The summed E-state index contributed by atoms with van der Waals surface area (Å²) in [7, 11) is -3.01. The van der Waals surface area contributed by atoms with Crippen molar-refractivity contribution in [1.29, 1.82) is 0 Å². The van der Waals surface area contributed by atoms with Crippen molar-refractivity contribution in [2.24, 2.45) is 11.8 Å². The van der Waals surface area contributed by atoms with E-state index in [-0.39, 0.29) is 17.5 Å². The summed E-state index contributed by atoms with van der Waals surface area (Å²) in [5, 5.41) is 9.92. The topological polar surface area (TPSA) is 57.6 Å². The van der Waals surface area contributed by atoms with E-state index < -0.39 is 15.9 Å². The van der Waals surface area contributed by atoms with Gasteiger partial charge in [-0.2, -0.15) is 0 Å². The average Bonchev–Trinajstić information content (AvgIpc) is 2.51. The van der Waals surface area contributed by atoms with Gasteiger partial charge in [0.25, 0.3) is 0 Å². The minimum absolute atomic E-state index is 0.0382. The van der Waals surface area contributed by atoms with E-state index in [1.165, 1.54) is 25.7 Å². The van der Waals surface area contributed by atoms with E-state index >= 15 is 0 Å². The Bertz CT molecular complexity index is 383. The molecule has 2 heterocycles. The lowest BCUT2D eigenvalue weighted by atomic mass is 9.77. The zero-order chi connectivity index (χ0) is 12.0. The summed E-state index contributed by atoms with van der Waals surface area (Å²) in [6, 6.07) is -0.136. The Kier molecular flexibility index (Phi) is 2.96. The van der Waals surface area contributed by atoms with Gasteiger partial charge >= 0.3 is 0 Å². The molecule has 0 aromatic rings. The molecule has 2 aliphatic heterocycles. The molecule has 0 aromatic carbocycles. The molecule has 3 fully saturated rings. The molecule has 0 spiro atoms. The van der Waals surface area contributed by atoms with Crippen molar-refractivity contribution in [3.63, 3.8) is 0 Å². The van der Waals surface area contributed by atoms with Gasteiger partial charge in [-0.25, -0.2) is 8.42 Å². The zero-order valence-corrected chi connectivity index (χ0v) is 10.9. The van der Waals surface area contributed by atoms with E-state index in [4.69, 9.17) is 0 Å². The lowest BCUT2D eigenvalue weighted by Gasteiger charge is -2.44. The highest BCUT2D eigenvalue weighted by molar-refractivity contribution is 7.91. The van der Waals surface area contributed by atoms with Crippen LogP contribution in [0.3, 0.4) is 0 Å². The van der Waals surface area contributed by atoms with E-state index in [0.717, 1.165) is 24.9 Å². The van der Waals surface area contributed by atoms with Crippen LogP contribution < -0.4 is 0 Å². The summed E-state index contributed by atoms with van der Waals surface area (Å²) < 4.78 is 23.1. The Morgan fingerprint density at radius 3 is 2.24 bits per heavy atom. The van der Waals surface area contributed by atoms with Crippen LogP contribution in [-0.4, -0.2) is 55.2 Å². The molecule has 4 unspecified atom stereocenters. The van der Waals surface area contributed by atoms with Gasteiger partial charge in [-0.05, 0) is 31.1 Å². The number of hydrogen-bond acceptors (Lipinski definition) is 4. The minimum atomic E-state index is -3.01. The van der Waals surface area contributed by atoms with Crippen LogP contribution in [-0.2, 0) is 9.84 Å². The fourth-order valence-electron chi connectivity index (χ4n) is 3.90. The molecule has 0 amide bonds. The van der Waals surface area contributed by atoms with Crippen LogP contribution in [0.1, 0.15) is 25.7 Å². The molecule has 4 nitrogen and oxygen atoms in total. The number of piperidine rings is 1. The third kappa shape index (κ3) is 2.37. The molecule has 98 valence electrons. The van der Waals surface area contributed by atoms with Gasteiger partial charge in [0.05, 0.1) is 23.7 Å². The monoisotopic (exact) mass is 259 g/mol. The predicted octanol–water partition coefficient (Wildman–Crippen LogP) is 0.266. The molecule has 4 atom stereocenters. The third-order valence-corrected chi connectivity index (χ3v) is 6.34. The molecule has 1 saturated carbocycles. The number of fused-ring (bicyclic) bond motifs is 2. The standard InChI is InChI=1S/C12H21NO3S/c14-12-8-17(15,16)7-11(12)13-5-9-2-1-3-10(4-9)6-13/h9-12,14H,1-8H2. The molecular formula is C12H21NO3S. The molecule has 2 bridgehead atoms. The maximum Gasteiger partial charge on any atom is 0.154 e. The number of rotatable bonds is 1. The Labute approximate surface area is 103 Å². The van der Waals surface area contributed by atoms with Gasteiger partial charge in [-0.3, -0.25) is 4.90 Å². The molecule has 0 aromatic heterocycles. The van der Waals surface area contributed by atoms with Crippen LogP contribution in [0.2, 0.25) is 0 Å². The normalized spacial score (nSPS) is 45.9. The van der Waals surface area contributed by atoms with Crippen LogP contribution in [0.5, 0.6) is 0 Å². The Balaban J connectivity index is 1.72. The van der Waals surface area contributed by atoms with Gasteiger partial charge in [-0.1, -0.05) is 6.42 Å². The van der Waals surface area contributed by atoms with Gasteiger partial charge in [-0.15, -0.1) is 0 Å². The number of hydrogen-bond donors (Lipinski definition) is 1. The number of likely N-dealkylation sites (tertiary alicyclic amines) is 1. The van der Waals surface area contributed by atoms with Crippen molar-refractivity contribution in [2.75, 3.05) is 24.6 Å². The highest BCUT2D eigenvalue weighted by Crippen LogP contribution is 2.36. The van der Waals surface area contributed by atoms with Crippen LogP contribution in [0, 0.1) is 11.8 Å². The largest absolute Gasteiger partial charge is 0.390 e. The summed E-state index contributed by atoms with van der Waals surface area (Å²) in [6.45, 7) is 1.99. The summed E-state index contributed by atoms with van der Waals surface area (Å²) >= 11 is 0. The molecule has 0 radical (unpaired) electrons. The summed E-state index contributed by atoms with van der Waals surface area (Å²) in [6.07, 6.45) is 4.53. The third-order valence-electron chi connectivity index (χ3n) is 4.64. The molecule has 1 N–H and O–H groups in total. The molecule has 1 aliphatic carbocycles. The van der Waals surface area contributed by atoms with E-state index in [2.05, 4.69) is 4.90 Å². The lowest BCUT2D eigenvalue weighted by Crippen LogP contribution is -2.51. The maximum atomic E-state index is 11.6. The molecule has 17 heavy (non-hydrogen) atoms. The Morgan fingerprint density at radius 1 is 1.06 bits per heavy atom. The highest BCUT2D eigenvalue weighted by atomic mass is 32.2. The summed E-state index contributed by atoms with van der Waals surface area (Å²) in [5.74, 6) is 1.59. The van der Waals surface area contributed by atoms with Gasteiger partial charge in [0.15, 0.2) is 9.84 Å². The second kappa shape index (κ2) is 4.21. The molecule has 5 heteroatoms. The number of sulfone groups is 1. The molecule has 3 rings (SSSR count). The fourth-order valence-corrected chi connectivity index (χ4v) is 5.73. The van der Waals surface area contributed by atoms with Gasteiger partial charge in [0.1, 0.15) is 0 Å². The average molecular weight is 259 g/mol. The van der Waals surface area contributed by atoms with Gasteiger partial charge < -0.3 is 5.11 Å². The van der Waals surface area contributed by atoms with Crippen molar-refractivity contribution >= 4 is 9.84 Å². The first kappa shape index (κ1) is 11.9. The fraction of sp³-hybridized carbons (Fsp3) is 1.00. The summed E-state index contributed by atoms with van der Waals surface area (Å²) in [5.41, 5.74) is 0. The predicted molar refractivity (Wildman–Crippen MR) is 65.5 cm³/mol. The van der Waals surface area contributed by atoms with E-state index in [1.54, 1.807) is 0 Å². The second-order valence-electron chi connectivity index (χ2n) is 6.06. The van der Waals surface area contributed by atoms with Crippen LogP contribution in [0.15, 0.2) is 0 Å². The molecule has 3 aliphatic rings. The number of aliphatic hydroxyl groups excluding tert-OH is 1. The number of nitrogens with zero attached hydrogens (tertiary/aromatic N) is 1.